The van der Waals surface area contributed by atoms with Gasteiger partial charge >= 0.3 is 0 Å². The molecular weight excluding hydrogens is 494 g/mol. The van der Waals surface area contributed by atoms with Crippen molar-refractivity contribution in [3.8, 4) is 0 Å². The topological polar surface area (TPSA) is 55.8 Å². The van der Waals surface area contributed by atoms with Crippen molar-refractivity contribution in [2.75, 3.05) is 45.7 Å². The lowest BCUT2D eigenvalue weighted by Crippen LogP contribution is -2.49. The summed E-state index contributed by atoms with van der Waals surface area (Å²) < 4.78 is 14.0. The molecule has 1 aromatic carbocycles. The van der Waals surface area contributed by atoms with Crippen molar-refractivity contribution < 1.29 is 4.39 Å². The van der Waals surface area contributed by atoms with E-state index in [1.54, 1.807) is 19.3 Å². The zero-order valence-electron chi connectivity index (χ0n) is 17.9. The van der Waals surface area contributed by atoms with Crippen molar-refractivity contribution in [3.05, 3.63) is 60.0 Å². The molecule has 1 aliphatic heterocycles. The first kappa shape index (κ1) is 24.3. The highest BCUT2D eigenvalue weighted by atomic mass is 127. The normalized spacial score (nSPS) is 17.6. The number of pyridine rings is 1. The van der Waals surface area contributed by atoms with E-state index in [9.17, 15) is 4.39 Å². The lowest BCUT2D eigenvalue weighted by atomic mass is 10.1. The van der Waals surface area contributed by atoms with Crippen LogP contribution in [0.3, 0.4) is 0 Å². The third-order valence-electron chi connectivity index (χ3n) is 5.34. The first-order chi connectivity index (χ1) is 14.1. The van der Waals surface area contributed by atoms with E-state index in [4.69, 9.17) is 0 Å². The molecule has 0 spiro atoms. The fourth-order valence-corrected chi connectivity index (χ4v) is 3.61. The van der Waals surface area contributed by atoms with E-state index in [1.165, 1.54) is 11.6 Å². The van der Waals surface area contributed by atoms with Crippen LogP contribution in [0.5, 0.6) is 0 Å². The smallest absolute Gasteiger partial charge is 0.191 e. The maximum atomic E-state index is 14.0. The second-order valence-corrected chi connectivity index (χ2v) is 7.65. The number of rotatable bonds is 7. The number of aromatic nitrogens is 1. The lowest BCUT2D eigenvalue weighted by Gasteiger charge is -2.26. The quantitative estimate of drug-likeness (QED) is 0.330. The van der Waals surface area contributed by atoms with Gasteiger partial charge in [0.05, 0.1) is 0 Å². The largest absolute Gasteiger partial charge is 0.355 e. The highest BCUT2D eigenvalue weighted by Crippen LogP contribution is 2.20. The molecule has 0 saturated carbocycles. The molecule has 2 aromatic rings. The Morgan fingerprint density at radius 1 is 1.27 bits per heavy atom. The van der Waals surface area contributed by atoms with E-state index in [1.807, 2.05) is 11.0 Å². The molecule has 2 unspecified atom stereocenters. The molecule has 2 atom stereocenters. The average Bonchev–Trinajstić information content (AvgIpc) is 3.19. The van der Waals surface area contributed by atoms with Gasteiger partial charge in [0.1, 0.15) is 0 Å². The molecule has 0 amide bonds. The second kappa shape index (κ2) is 12.0. The molecule has 1 aliphatic rings. The third-order valence-corrected chi connectivity index (χ3v) is 5.34. The Hall–Kier alpha value is -1.94. The van der Waals surface area contributed by atoms with Crippen molar-refractivity contribution >= 4 is 35.8 Å². The summed E-state index contributed by atoms with van der Waals surface area (Å²) >= 11 is 0. The molecule has 6 nitrogen and oxygen atoms in total. The first-order valence-electron chi connectivity index (χ1n) is 10.1. The highest BCUT2D eigenvalue weighted by Gasteiger charge is 2.26. The van der Waals surface area contributed by atoms with Crippen molar-refractivity contribution in [1.29, 1.82) is 0 Å². The molecule has 1 saturated heterocycles. The van der Waals surface area contributed by atoms with Crippen LogP contribution in [-0.4, -0.2) is 68.7 Å². The van der Waals surface area contributed by atoms with Gasteiger partial charge in [-0.3, -0.25) is 4.99 Å². The minimum absolute atomic E-state index is 0. The van der Waals surface area contributed by atoms with Gasteiger partial charge in [-0.2, -0.15) is 0 Å². The molecule has 1 fully saturated rings. The molecule has 1 aromatic heterocycles. The van der Waals surface area contributed by atoms with E-state index in [0.29, 0.717) is 18.4 Å². The number of benzene rings is 1. The summed E-state index contributed by atoms with van der Waals surface area (Å²) in [6, 6.07) is 14.1. The molecule has 3 rings (SSSR count). The van der Waals surface area contributed by atoms with Crippen LogP contribution in [0.25, 0.3) is 0 Å². The molecule has 30 heavy (non-hydrogen) atoms. The first-order valence-corrected chi connectivity index (χ1v) is 10.1. The summed E-state index contributed by atoms with van der Waals surface area (Å²) in [5.74, 6) is 0.930. The summed E-state index contributed by atoms with van der Waals surface area (Å²) in [4.78, 5) is 12.8. The van der Waals surface area contributed by atoms with Gasteiger partial charge in [-0.15, -0.1) is 24.0 Å². The monoisotopic (exact) mass is 526 g/mol. The van der Waals surface area contributed by atoms with E-state index in [2.05, 4.69) is 63.9 Å². The van der Waals surface area contributed by atoms with Crippen LogP contribution < -0.4 is 15.5 Å². The molecular formula is C22H32FIN6. The average molecular weight is 526 g/mol. The Morgan fingerprint density at radius 3 is 2.70 bits per heavy atom. The molecule has 0 radical (unpaired) electrons. The molecule has 0 bridgehead atoms. The van der Waals surface area contributed by atoms with Gasteiger partial charge in [-0.05, 0) is 44.6 Å². The molecule has 8 heteroatoms. The van der Waals surface area contributed by atoms with Crippen LogP contribution in [0, 0.1) is 5.82 Å². The predicted molar refractivity (Wildman–Crippen MR) is 132 cm³/mol. The Kier molecular flexibility index (Phi) is 9.77. The van der Waals surface area contributed by atoms with Crippen molar-refractivity contribution in [3.63, 3.8) is 0 Å². The van der Waals surface area contributed by atoms with Crippen molar-refractivity contribution in [2.45, 2.75) is 24.9 Å². The number of likely N-dealkylation sites (N-methyl/N-ethyl adjacent to an activating group) is 1. The van der Waals surface area contributed by atoms with Gasteiger partial charge in [0, 0.05) is 45.0 Å². The SMILES string of the molecule is CN=C(NCC(Cc1ccccc1)N(C)C)NC1CCN(c2ncccc2F)C1.I. The van der Waals surface area contributed by atoms with Gasteiger partial charge < -0.3 is 20.4 Å². The van der Waals surface area contributed by atoms with Gasteiger partial charge in [0.25, 0.3) is 0 Å². The lowest BCUT2D eigenvalue weighted by molar-refractivity contribution is 0.290. The van der Waals surface area contributed by atoms with Gasteiger partial charge in [-0.25, -0.2) is 9.37 Å². The van der Waals surface area contributed by atoms with E-state index in [-0.39, 0.29) is 35.8 Å². The fourth-order valence-electron chi connectivity index (χ4n) is 3.61. The summed E-state index contributed by atoms with van der Waals surface area (Å²) in [7, 11) is 5.98. The zero-order valence-corrected chi connectivity index (χ0v) is 20.2. The maximum absolute atomic E-state index is 14.0. The summed E-state index contributed by atoms with van der Waals surface area (Å²) in [6.45, 7) is 2.26. The van der Waals surface area contributed by atoms with Gasteiger partial charge in [-0.1, -0.05) is 30.3 Å². The number of anilines is 1. The maximum Gasteiger partial charge on any atom is 0.191 e. The van der Waals surface area contributed by atoms with Crippen LogP contribution in [0.15, 0.2) is 53.7 Å². The number of nitrogens with one attached hydrogen (secondary N) is 2. The molecule has 2 heterocycles. The Balaban J connectivity index is 0.00000320. The van der Waals surface area contributed by atoms with Crippen LogP contribution in [-0.2, 0) is 6.42 Å². The molecule has 2 N–H and O–H groups in total. The van der Waals surface area contributed by atoms with Crippen molar-refractivity contribution in [1.82, 2.24) is 20.5 Å². The number of halogens is 2. The summed E-state index contributed by atoms with van der Waals surface area (Å²) in [5.41, 5.74) is 1.32. The van der Waals surface area contributed by atoms with E-state index in [0.717, 1.165) is 31.9 Å². The van der Waals surface area contributed by atoms with Crippen LogP contribution in [0.1, 0.15) is 12.0 Å². The van der Waals surface area contributed by atoms with E-state index < -0.39 is 0 Å². The molecule has 0 aliphatic carbocycles. The van der Waals surface area contributed by atoms with Crippen LogP contribution in [0.4, 0.5) is 10.2 Å². The Morgan fingerprint density at radius 2 is 2.03 bits per heavy atom. The molecule has 164 valence electrons. The van der Waals surface area contributed by atoms with Gasteiger partial charge in [0.15, 0.2) is 17.6 Å². The minimum Gasteiger partial charge on any atom is -0.355 e. The minimum atomic E-state index is -0.273. The number of hydrogen-bond donors (Lipinski definition) is 2. The van der Waals surface area contributed by atoms with Crippen LogP contribution >= 0.6 is 24.0 Å². The van der Waals surface area contributed by atoms with Crippen LogP contribution in [0.2, 0.25) is 0 Å². The number of hydrogen-bond acceptors (Lipinski definition) is 4. The Labute approximate surface area is 196 Å². The Bertz CT molecular complexity index is 801. The fraction of sp³-hybridized carbons (Fsp3) is 0.455. The third kappa shape index (κ3) is 6.80. The van der Waals surface area contributed by atoms with Gasteiger partial charge in [0.2, 0.25) is 0 Å². The summed E-state index contributed by atoms with van der Waals surface area (Å²) in [5, 5.41) is 6.92. The number of guanidine groups is 1. The van der Waals surface area contributed by atoms with E-state index >= 15 is 0 Å². The predicted octanol–water partition coefficient (Wildman–Crippen LogP) is 2.76. The second-order valence-electron chi connectivity index (χ2n) is 7.65. The highest BCUT2D eigenvalue weighted by molar-refractivity contribution is 14.0. The number of nitrogens with zero attached hydrogens (tertiary/aromatic N) is 4. The zero-order chi connectivity index (χ0) is 20.6. The standard InChI is InChI=1S/C22H31FN6.HI/c1-24-22(26-15-19(28(2)3)14-17-8-5-4-6-9-17)27-18-11-13-29(16-18)21-20(23)10-7-12-25-21;/h4-10,12,18-19H,11,13-16H2,1-3H3,(H2,24,26,27);1H. The summed E-state index contributed by atoms with van der Waals surface area (Å²) in [6.07, 6.45) is 3.51. The van der Waals surface area contributed by atoms with Crippen molar-refractivity contribution in [2.24, 2.45) is 4.99 Å². The number of aliphatic imine (C=N–C) groups is 1.